The molecule has 1 fully saturated rings. The van der Waals surface area contributed by atoms with Crippen LogP contribution in [0, 0.1) is 12.8 Å². The Labute approximate surface area is 184 Å². The number of nitrogens with zero attached hydrogens (tertiary/aromatic N) is 1. The number of ether oxygens (including phenoxy) is 2. The van der Waals surface area contributed by atoms with Crippen LogP contribution in [0.1, 0.15) is 30.2 Å². The molecule has 6 nitrogen and oxygen atoms in total. The lowest BCUT2D eigenvalue weighted by Crippen LogP contribution is -2.36. The molecule has 7 heteroatoms. The number of hydrogen-bond donors (Lipinski definition) is 2. The molecule has 0 spiro atoms. The first-order valence-electron chi connectivity index (χ1n) is 9.59. The Morgan fingerprint density at radius 3 is 2.89 bits per heavy atom. The van der Waals surface area contributed by atoms with Crippen LogP contribution in [0.15, 0.2) is 46.0 Å². The van der Waals surface area contributed by atoms with E-state index >= 15 is 0 Å². The summed E-state index contributed by atoms with van der Waals surface area (Å²) < 4.78 is 16.9. The number of furan rings is 1. The summed E-state index contributed by atoms with van der Waals surface area (Å²) in [5, 5.41) is 6.55. The van der Waals surface area contributed by atoms with Crippen molar-refractivity contribution in [1.29, 1.82) is 0 Å². The zero-order valence-corrected chi connectivity index (χ0v) is 18.9. The summed E-state index contributed by atoms with van der Waals surface area (Å²) in [5.41, 5.74) is 2.26. The van der Waals surface area contributed by atoms with Crippen LogP contribution in [0.2, 0.25) is 0 Å². The molecule has 0 saturated carbocycles. The molecule has 1 aromatic heterocycles. The Morgan fingerprint density at radius 2 is 2.18 bits per heavy atom. The van der Waals surface area contributed by atoms with Gasteiger partial charge in [-0.1, -0.05) is 12.1 Å². The Hall–Kier alpha value is -1.74. The van der Waals surface area contributed by atoms with Crippen LogP contribution in [0.5, 0.6) is 5.75 Å². The van der Waals surface area contributed by atoms with Crippen molar-refractivity contribution in [3.8, 4) is 5.75 Å². The molecule has 0 aliphatic carbocycles. The van der Waals surface area contributed by atoms with Gasteiger partial charge in [0.25, 0.3) is 0 Å². The van der Waals surface area contributed by atoms with E-state index in [0.29, 0.717) is 25.6 Å². The monoisotopic (exact) mass is 499 g/mol. The highest BCUT2D eigenvalue weighted by Gasteiger charge is 2.17. The van der Waals surface area contributed by atoms with Gasteiger partial charge in [-0.2, -0.15) is 0 Å². The van der Waals surface area contributed by atoms with Crippen LogP contribution in [0.3, 0.4) is 0 Å². The average Bonchev–Trinajstić information content (AvgIpc) is 3.37. The summed E-state index contributed by atoms with van der Waals surface area (Å²) in [7, 11) is 0. The largest absolute Gasteiger partial charge is 0.493 e. The van der Waals surface area contributed by atoms with E-state index in [-0.39, 0.29) is 24.0 Å². The zero-order valence-electron chi connectivity index (χ0n) is 16.6. The van der Waals surface area contributed by atoms with Crippen molar-refractivity contribution in [2.45, 2.75) is 33.4 Å². The second-order valence-electron chi connectivity index (χ2n) is 6.78. The van der Waals surface area contributed by atoms with Crippen molar-refractivity contribution in [2.75, 3.05) is 26.4 Å². The molecule has 2 heterocycles. The molecule has 0 radical (unpaired) electrons. The Balaban J connectivity index is 0.00000280. The molecule has 1 aromatic carbocycles. The van der Waals surface area contributed by atoms with Gasteiger partial charge in [-0.3, -0.25) is 0 Å². The van der Waals surface area contributed by atoms with Gasteiger partial charge in [-0.05, 0) is 44.0 Å². The average molecular weight is 499 g/mol. The molecule has 1 atom stereocenters. The van der Waals surface area contributed by atoms with Gasteiger partial charge in [0.05, 0.1) is 32.6 Å². The molecule has 1 unspecified atom stereocenters. The van der Waals surface area contributed by atoms with Crippen molar-refractivity contribution >= 4 is 29.9 Å². The van der Waals surface area contributed by atoms with E-state index in [1.54, 1.807) is 6.26 Å². The van der Waals surface area contributed by atoms with E-state index in [0.717, 1.165) is 49.2 Å². The highest BCUT2D eigenvalue weighted by atomic mass is 127. The fourth-order valence-electron chi connectivity index (χ4n) is 2.94. The Bertz CT molecular complexity index is 729. The first-order valence-corrected chi connectivity index (χ1v) is 9.59. The lowest BCUT2D eigenvalue weighted by atomic mass is 10.1. The minimum atomic E-state index is 0. The minimum Gasteiger partial charge on any atom is -0.493 e. The molecule has 2 aromatic rings. The van der Waals surface area contributed by atoms with Crippen molar-refractivity contribution in [1.82, 2.24) is 10.6 Å². The quantitative estimate of drug-likeness (QED) is 0.328. The standard InChI is InChI=1S/C21H29N3O3.HI/c1-3-22-21(24-13-19-5-4-9-26-19)23-12-18-7-6-16(2)11-20(18)27-15-17-8-10-25-14-17;/h4-7,9,11,17H,3,8,10,12-15H2,1-2H3,(H2,22,23,24);1H. The maximum atomic E-state index is 6.11. The van der Waals surface area contributed by atoms with E-state index in [1.807, 2.05) is 19.1 Å². The molecule has 3 rings (SSSR count). The van der Waals surface area contributed by atoms with Gasteiger partial charge in [0.15, 0.2) is 5.96 Å². The zero-order chi connectivity index (χ0) is 18.9. The fourth-order valence-corrected chi connectivity index (χ4v) is 2.94. The normalized spacial score (nSPS) is 16.5. The summed E-state index contributed by atoms with van der Waals surface area (Å²) in [6.07, 6.45) is 2.74. The molecule has 1 aliphatic heterocycles. The molecule has 0 bridgehead atoms. The van der Waals surface area contributed by atoms with Crippen LogP contribution >= 0.6 is 24.0 Å². The van der Waals surface area contributed by atoms with Gasteiger partial charge >= 0.3 is 0 Å². The number of rotatable bonds is 8. The molecule has 1 saturated heterocycles. The first kappa shape index (κ1) is 22.5. The minimum absolute atomic E-state index is 0. The number of aliphatic imine (C=N–C) groups is 1. The van der Waals surface area contributed by atoms with E-state index < -0.39 is 0 Å². The first-order chi connectivity index (χ1) is 13.2. The van der Waals surface area contributed by atoms with Crippen LogP contribution in [0.25, 0.3) is 0 Å². The number of hydrogen-bond acceptors (Lipinski definition) is 4. The third kappa shape index (κ3) is 7.01. The molecule has 1 aliphatic rings. The van der Waals surface area contributed by atoms with Crippen LogP contribution < -0.4 is 15.4 Å². The topological polar surface area (TPSA) is 68.0 Å². The summed E-state index contributed by atoms with van der Waals surface area (Å²) >= 11 is 0. The summed E-state index contributed by atoms with van der Waals surface area (Å²) in [4.78, 5) is 4.70. The second kappa shape index (κ2) is 12.0. The summed E-state index contributed by atoms with van der Waals surface area (Å²) in [5.74, 6) is 3.02. The van der Waals surface area contributed by atoms with Gasteiger partial charge < -0.3 is 24.5 Å². The van der Waals surface area contributed by atoms with Crippen molar-refractivity contribution < 1.29 is 13.9 Å². The summed E-state index contributed by atoms with van der Waals surface area (Å²) in [6, 6.07) is 10.1. The third-order valence-corrected chi connectivity index (χ3v) is 4.48. The van der Waals surface area contributed by atoms with E-state index in [4.69, 9.17) is 18.9 Å². The van der Waals surface area contributed by atoms with Crippen LogP contribution in [-0.4, -0.2) is 32.3 Å². The van der Waals surface area contributed by atoms with Gasteiger partial charge in [0, 0.05) is 24.6 Å². The van der Waals surface area contributed by atoms with Crippen molar-refractivity contribution in [3.05, 3.63) is 53.5 Å². The molecular formula is C21H30IN3O3. The predicted octanol–water partition coefficient (Wildman–Crippen LogP) is 3.88. The molecule has 0 amide bonds. The maximum absolute atomic E-state index is 6.11. The molecule has 2 N–H and O–H groups in total. The number of benzene rings is 1. The third-order valence-electron chi connectivity index (χ3n) is 4.48. The van der Waals surface area contributed by atoms with Gasteiger partial charge in [0.2, 0.25) is 0 Å². The van der Waals surface area contributed by atoms with Gasteiger partial charge in [-0.15, -0.1) is 24.0 Å². The molecule has 28 heavy (non-hydrogen) atoms. The van der Waals surface area contributed by atoms with Crippen molar-refractivity contribution in [2.24, 2.45) is 10.9 Å². The Kier molecular flexibility index (Phi) is 9.63. The molecular weight excluding hydrogens is 469 g/mol. The number of aryl methyl sites for hydroxylation is 1. The van der Waals surface area contributed by atoms with Crippen LogP contribution in [-0.2, 0) is 17.8 Å². The second-order valence-corrected chi connectivity index (χ2v) is 6.78. The lowest BCUT2D eigenvalue weighted by Gasteiger charge is -2.15. The SMILES string of the molecule is CCNC(=NCc1ccc(C)cc1OCC1CCOC1)NCc1ccco1.I. The highest BCUT2D eigenvalue weighted by molar-refractivity contribution is 14.0. The van der Waals surface area contributed by atoms with E-state index in [9.17, 15) is 0 Å². The van der Waals surface area contributed by atoms with E-state index in [2.05, 4.69) is 35.8 Å². The number of guanidine groups is 1. The predicted molar refractivity (Wildman–Crippen MR) is 121 cm³/mol. The number of halogens is 1. The Morgan fingerprint density at radius 1 is 1.29 bits per heavy atom. The highest BCUT2D eigenvalue weighted by Crippen LogP contribution is 2.23. The molecule has 154 valence electrons. The van der Waals surface area contributed by atoms with E-state index in [1.165, 1.54) is 5.56 Å². The lowest BCUT2D eigenvalue weighted by molar-refractivity contribution is 0.166. The fraction of sp³-hybridized carbons (Fsp3) is 0.476. The van der Waals surface area contributed by atoms with Gasteiger partial charge in [-0.25, -0.2) is 4.99 Å². The van der Waals surface area contributed by atoms with Gasteiger partial charge in [0.1, 0.15) is 11.5 Å². The number of nitrogens with one attached hydrogen (secondary N) is 2. The van der Waals surface area contributed by atoms with Crippen molar-refractivity contribution in [3.63, 3.8) is 0 Å². The summed E-state index contributed by atoms with van der Waals surface area (Å²) in [6.45, 7) is 8.39. The maximum Gasteiger partial charge on any atom is 0.191 e. The van der Waals surface area contributed by atoms with Crippen LogP contribution in [0.4, 0.5) is 0 Å². The smallest absolute Gasteiger partial charge is 0.191 e.